The molecule has 0 saturated carbocycles. The van der Waals surface area contributed by atoms with Gasteiger partial charge in [0.25, 0.3) is 0 Å². The molecule has 2 aromatic carbocycles. The topological polar surface area (TPSA) is 82.8 Å². The van der Waals surface area contributed by atoms with E-state index in [1.54, 1.807) is 12.3 Å². The van der Waals surface area contributed by atoms with Crippen LogP contribution in [-0.2, 0) is 25.4 Å². The van der Waals surface area contributed by atoms with E-state index in [1.165, 1.54) is 0 Å². The molecule has 0 bridgehead atoms. The maximum absolute atomic E-state index is 10.7. The molecule has 3 rings (SSSR count). The van der Waals surface area contributed by atoms with Crippen LogP contribution in [0.2, 0.25) is 0 Å². The summed E-state index contributed by atoms with van der Waals surface area (Å²) < 4.78 is 5.93. The second kappa shape index (κ2) is 9.85. The lowest BCUT2D eigenvalue weighted by Gasteiger charge is -2.25. The first-order valence-corrected chi connectivity index (χ1v) is 10.3. The molecule has 158 valence electrons. The van der Waals surface area contributed by atoms with E-state index in [9.17, 15) is 15.3 Å². The minimum atomic E-state index is -0.838. The van der Waals surface area contributed by atoms with Crippen molar-refractivity contribution >= 4 is 0 Å². The SMILES string of the molecule is CCC(O)(CC)c1ccc(-c2cccc(OCc3ccc(CO)c(CO)c3)c2)nc1. The van der Waals surface area contributed by atoms with Crippen molar-refractivity contribution in [2.45, 2.75) is 52.1 Å². The quantitative estimate of drug-likeness (QED) is 0.492. The van der Waals surface area contributed by atoms with Crippen LogP contribution in [0.3, 0.4) is 0 Å². The Bertz CT molecular complexity index is 965. The lowest BCUT2D eigenvalue weighted by molar-refractivity contribution is 0.0281. The van der Waals surface area contributed by atoms with Crippen LogP contribution in [0.5, 0.6) is 5.75 Å². The summed E-state index contributed by atoms with van der Waals surface area (Å²) in [6.07, 6.45) is 3.03. The Labute approximate surface area is 177 Å². The Morgan fingerprint density at radius 2 is 1.67 bits per heavy atom. The normalized spacial score (nSPS) is 11.5. The Hall–Kier alpha value is -2.73. The number of nitrogens with zero attached hydrogens (tertiary/aromatic N) is 1. The fraction of sp³-hybridized carbons (Fsp3) is 0.320. The van der Waals surface area contributed by atoms with Crippen molar-refractivity contribution < 1.29 is 20.1 Å². The van der Waals surface area contributed by atoms with E-state index < -0.39 is 5.60 Å². The molecule has 5 heteroatoms. The summed E-state index contributed by atoms with van der Waals surface area (Å²) in [6.45, 7) is 4.08. The average molecular weight is 408 g/mol. The highest BCUT2D eigenvalue weighted by Crippen LogP contribution is 2.30. The third-order valence-electron chi connectivity index (χ3n) is 5.62. The first-order chi connectivity index (χ1) is 14.5. The molecule has 0 saturated heterocycles. The Morgan fingerprint density at radius 3 is 2.30 bits per heavy atom. The van der Waals surface area contributed by atoms with Crippen LogP contribution >= 0.6 is 0 Å². The van der Waals surface area contributed by atoms with Gasteiger partial charge in [-0.2, -0.15) is 0 Å². The van der Waals surface area contributed by atoms with E-state index in [1.807, 2.05) is 62.4 Å². The number of hydrogen-bond donors (Lipinski definition) is 3. The van der Waals surface area contributed by atoms with E-state index in [0.29, 0.717) is 30.8 Å². The zero-order chi connectivity index (χ0) is 21.6. The molecular weight excluding hydrogens is 378 g/mol. The van der Waals surface area contributed by atoms with Crippen molar-refractivity contribution in [1.29, 1.82) is 0 Å². The molecule has 3 aromatic rings. The lowest BCUT2D eigenvalue weighted by Crippen LogP contribution is -2.23. The molecule has 30 heavy (non-hydrogen) atoms. The van der Waals surface area contributed by atoms with Crippen molar-refractivity contribution in [2.24, 2.45) is 0 Å². The molecule has 0 spiro atoms. The third-order valence-corrected chi connectivity index (χ3v) is 5.62. The molecular formula is C25H29NO4. The van der Waals surface area contributed by atoms with Gasteiger partial charge in [-0.05, 0) is 53.8 Å². The van der Waals surface area contributed by atoms with Gasteiger partial charge in [-0.25, -0.2) is 0 Å². The van der Waals surface area contributed by atoms with Crippen molar-refractivity contribution in [3.8, 4) is 17.0 Å². The molecule has 0 unspecified atom stereocenters. The summed E-state index contributed by atoms with van der Waals surface area (Å²) >= 11 is 0. The predicted octanol–water partition coefficient (Wildman–Crippen LogP) is 4.32. The fourth-order valence-corrected chi connectivity index (χ4v) is 3.48. The predicted molar refractivity (Wildman–Crippen MR) is 117 cm³/mol. The van der Waals surface area contributed by atoms with Crippen LogP contribution in [0.25, 0.3) is 11.3 Å². The smallest absolute Gasteiger partial charge is 0.120 e. The second-order valence-corrected chi connectivity index (χ2v) is 7.41. The van der Waals surface area contributed by atoms with Gasteiger partial charge in [-0.1, -0.05) is 44.2 Å². The maximum Gasteiger partial charge on any atom is 0.120 e. The number of rotatable bonds is 9. The van der Waals surface area contributed by atoms with Crippen LogP contribution in [-0.4, -0.2) is 20.3 Å². The minimum Gasteiger partial charge on any atom is -0.489 e. The van der Waals surface area contributed by atoms with Gasteiger partial charge in [0.2, 0.25) is 0 Å². The molecule has 3 N–H and O–H groups in total. The van der Waals surface area contributed by atoms with Crippen molar-refractivity contribution in [3.05, 3.63) is 83.0 Å². The highest BCUT2D eigenvalue weighted by molar-refractivity contribution is 5.61. The van der Waals surface area contributed by atoms with Gasteiger partial charge >= 0.3 is 0 Å². The summed E-state index contributed by atoms with van der Waals surface area (Å²) in [5.41, 5.74) is 4.08. The van der Waals surface area contributed by atoms with Crippen LogP contribution in [0.15, 0.2) is 60.8 Å². The monoisotopic (exact) mass is 407 g/mol. The third kappa shape index (κ3) is 4.87. The molecule has 1 aromatic heterocycles. The molecule has 0 aliphatic rings. The van der Waals surface area contributed by atoms with Crippen molar-refractivity contribution in [1.82, 2.24) is 4.98 Å². The fourth-order valence-electron chi connectivity index (χ4n) is 3.48. The van der Waals surface area contributed by atoms with Crippen molar-refractivity contribution in [2.75, 3.05) is 0 Å². The maximum atomic E-state index is 10.7. The second-order valence-electron chi connectivity index (χ2n) is 7.41. The van der Waals surface area contributed by atoms with Gasteiger partial charge in [-0.3, -0.25) is 4.98 Å². The first-order valence-electron chi connectivity index (χ1n) is 10.3. The molecule has 0 aliphatic heterocycles. The number of pyridine rings is 1. The molecule has 0 radical (unpaired) electrons. The van der Waals surface area contributed by atoms with E-state index in [-0.39, 0.29) is 13.2 Å². The van der Waals surface area contributed by atoms with E-state index in [4.69, 9.17) is 4.74 Å². The van der Waals surface area contributed by atoms with Gasteiger partial charge in [0.1, 0.15) is 12.4 Å². The number of aromatic nitrogens is 1. The van der Waals surface area contributed by atoms with Gasteiger partial charge < -0.3 is 20.1 Å². The summed E-state index contributed by atoms with van der Waals surface area (Å²) in [6, 6.07) is 17.1. The zero-order valence-corrected chi connectivity index (χ0v) is 17.5. The largest absolute Gasteiger partial charge is 0.489 e. The Kier molecular flexibility index (Phi) is 7.21. The van der Waals surface area contributed by atoms with Crippen LogP contribution < -0.4 is 4.74 Å². The highest BCUT2D eigenvalue weighted by atomic mass is 16.5. The minimum absolute atomic E-state index is 0.0984. The van der Waals surface area contributed by atoms with Crippen molar-refractivity contribution in [3.63, 3.8) is 0 Å². The number of benzene rings is 2. The molecule has 1 heterocycles. The van der Waals surface area contributed by atoms with Crippen LogP contribution in [0, 0.1) is 0 Å². The summed E-state index contributed by atoms with van der Waals surface area (Å²) in [4.78, 5) is 4.55. The number of hydrogen-bond acceptors (Lipinski definition) is 5. The molecule has 0 aliphatic carbocycles. The van der Waals surface area contributed by atoms with Crippen LogP contribution in [0.4, 0.5) is 0 Å². The number of aliphatic hydroxyl groups excluding tert-OH is 2. The molecule has 0 atom stereocenters. The van der Waals surface area contributed by atoms with Gasteiger partial charge in [0.15, 0.2) is 0 Å². The Balaban J connectivity index is 1.74. The van der Waals surface area contributed by atoms with Crippen LogP contribution in [0.1, 0.15) is 48.9 Å². The van der Waals surface area contributed by atoms with Gasteiger partial charge in [0.05, 0.1) is 24.5 Å². The lowest BCUT2D eigenvalue weighted by atomic mass is 9.89. The zero-order valence-electron chi connectivity index (χ0n) is 17.5. The number of aliphatic hydroxyl groups is 3. The summed E-state index contributed by atoms with van der Waals surface area (Å²) in [5.74, 6) is 0.716. The number of ether oxygens (including phenoxy) is 1. The standard InChI is InChI=1S/C25H29NO4/c1-3-25(29,4-2)22-10-11-24(26-14-22)19-6-5-7-23(13-19)30-17-18-8-9-20(15-27)21(12-18)16-28/h5-14,27-29H,3-4,15-17H2,1-2H3. The average Bonchev–Trinajstić information content (AvgIpc) is 2.82. The Morgan fingerprint density at radius 1 is 0.900 bits per heavy atom. The van der Waals surface area contributed by atoms with E-state index in [0.717, 1.165) is 27.9 Å². The summed E-state index contributed by atoms with van der Waals surface area (Å²) in [5, 5.41) is 29.4. The van der Waals surface area contributed by atoms with E-state index >= 15 is 0 Å². The molecule has 0 amide bonds. The highest BCUT2D eigenvalue weighted by Gasteiger charge is 2.25. The van der Waals surface area contributed by atoms with Gasteiger partial charge in [-0.15, -0.1) is 0 Å². The summed E-state index contributed by atoms with van der Waals surface area (Å²) in [7, 11) is 0. The van der Waals surface area contributed by atoms with E-state index in [2.05, 4.69) is 4.98 Å². The van der Waals surface area contributed by atoms with Gasteiger partial charge in [0, 0.05) is 17.3 Å². The molecule has 0 fully saturated rings. The first kappa shape index (κ1) is 22.0. The molecule has 5 nitrogen and oxygen atoms in total.